The summed E-state index contributed by atoms with van der Waals surface area (Å²) in [5.41, 5.74) is 1.63. The molecule has 0 fully saturated rings. The van der Waals surface area contributed by atoms with Crippen LogP contribution in [0.15, 0.2) is 48.5 Å². The molecule has 0 heterocycles. The van der Waals surface area contributed by atoms with Crippen molar-refractivity contribution in [3.63, 3.8) is 0 Å². The molecule has 0 aromatic heterocycles. The molecule has 0 bridgehead atoms. The number of esters is 1. The Hall–Kier alpha value is -2.90. The number of anilines is 2. The van der Waals surface area contributed by atoms with Gasteiger partial charge in [0.05, 0.1) is 19.2 Å². The first-order valence-corrected chi connectivity index (χ1v) is 9.19. The van der Waals surface area contributed by atoms with Gasteiger partial charge in [-0.15, -0.1) is 0 Å². The van der Waals surface area contributed by atoms with Crippen LogP contribution in [0.3, 0.4) is 0 Å². The van der Waals surface area contributed by atoms with Gasteiger partial charge < -0.3 is 20.3 Å². The molecule has 0 radical (unpaired) electrons. The lowest BCUT2D eigenvalue weighted by Crippen LogP contribution is -3.11. The minimum Gasteiger partial charge on any atom is -0.462 e. The number of hydrogen-bond acceptors (Lipinski definition) is 4. The molecular formula is C20H23ClN3O4+. The molecule has 1 atom stereocenters. The van der Waals surface area contributed by atoms with Gasteiger partial charge in [-0.2, -0.15) is 0 Å². The molecule has 1 unspecified atom stereocenters. The summed E-state index contributed by atoms with van der Waals surface area (Å²) < 4.78 is 4.91. The summed E-state index contributed by atoms with van der Waals surface area (Å²) in [6.07, 6.45) is 0. The van der Waals surface area contributed by atoms with E-state index in [9.17, 15) is 14.4 Å². The minimum atomic E-state index is -0.406. The lowest BCUT2D eigenvalue weighted by Gasteiger charge is -2.14. The van der Waals surface area contributed by atoms with Gasteiger partial charge in [-0.05, 0) is 55.5 Å². The highest BCUT2D eigenvalue weighted by Crippen LogP contribution is 2.13. The first-order chi connectivity index (χ1) is 13.4. The van der Waals surface area contributed by atoms with Crippen LogP contribution in [0.1, 0.15) is 17.3 Å². The van der Waals surface area contributed by atoms with Crippen molar-refractivity contribution in [1.29, 1.82) is 0 Å². The molecule has 0 spiro atoms. The maximum Gasteiger partial charge on any atom is 0.338 e. The zero-order valence-electron chi connectivity index (χ0n) is 15.8. The van der Waals surface area contributed by atoms with Gasteiger partial charge >= 0.3 is 5.97 Å². The second-order valence-corrected chi connectivity index (χ2v) is 6.65. The molecule has 0 saturated heterocycles. The number of ether oxygens (including phenoxy) is 1. The molecule has 0 aliphatic rings. The summed E-state index contributed by atoms with van der Waals surface area (Å²) >= 11 is 5.81. The van der Waals surface area contributed by atoms with Crippen molar-refractivity contribution in [2.75, 3.05) is 37.4 Å². The van der Waals surface area contributed by atoms with E-state index in [1.165, 1.54) is 0 Å². The van der Waals surface area contributed by atoms with E-state index in [0.717, 1.165) is 4.90 Å². The fourth-order valence-corrected chi connectivity index (χ4v) is 2.58. The predicted octanol–water partition coefficient (Wildman–Crippen LogP) is 1.61. The molecule has 0 aliphatic heterocycles. The highest BCUT2D eigenvalue weighted by Gasteiger charge is 2.15. The number of halogens is 1. The van der Waals surface area contributed by atoms with E-state index in [1.807, 2.05) is 0 Å². The predicted molar refractivity (Wildman–Crippen MR) is 108 cm³/mol. The Labute approximate surface area is 168 Å². The van der Waals surface area contributed by atoms with Crippen molar-refractivity contribution < 1.29 is 24.0 Å². The molecule has 3 N–H and O–H groups in total. The maximum absolute atomic E-state index is 12.2. The summed E-state index contributed by atoms with van der Waals surface area (Å²) in [5.74, 6) is -0.844. The summed E-state index contributed by atoms with van der Waals surface area (Å²) in [7, 11) is 1.75. The number of hydrogen-bond donors (Lipinski definition) is 3. The third kappa shape index (κ3) is 7.02. The van der Waals surface area contributed by atoms with E-state index in [1.54, 1.807) is 62.5 Å². The second-order valence-electron chi connectivity index (χ2n) is 6.21. The minimum absolute atomic E-state index is 0.119. The lowest BCUT2D eigenvalue weighted by atomic mass is 10.2. The van der Waals surface area contributed by atoms with Gasteiger partial charge in [0.1, 0.15) is 0 Å². The molecule has 7 nitrogen and oxygen atoms in total. The molecule has 8 heteroatoms. The highest BCUT2D eigenvalue weighted by molar-refractivity contribution is 6.30. The van der Waals surface area contributed by atoms with Gasteiger partial charge in [0.2, 0.25) is 0 Å². The summed E-state index contributed by atoms with van der Waals surface area (Å²) in [5, 5.41) is 6.09. The van der Waals surface area contributed by atoms with Gasteiger partial charge in [-0.1, -0.05) is 11.6 Å². The van der Waals surface area contributed by atoms with Crippen LogP contribution in [0.5, 0.6) is 0 Å². The molecule has 0 saturated carbocycles. The molecule has 2 amide bonds. The van der Waals surface area contributed by atoms with Crippen LogP contribution in [0.25, 0.3) is 0 Å². The number of benzene rings is 2. The van der Waals surface area contributed by atoms with Gasteiger partial charge in [-0.25, -0.2) is 4.79 Å². The van der Waals surface area contributed by atoms with Crippen molar-refractivity contribution in [3.05, 3.63) is 59.1 Å². The van der Waals surface area contributed by atoms with Crippen LogP contribution < -0.4 is 15.5 Å². The lowest BCUT2D eigenvalue weighted by molar-refractivity contribution is -0.862. The molecule has 0 aliphatic carbocycles. The van der Waals surface area contributed by atoms with E-state index < -0.39 is 5.97 Å². The number of likely N-dealkylation sites (N-methyl/N-ethyl adjacent to an activating group) is 1. The van der Waals surface area contributed by atoms with Crippen LogP contribution >= 0.6 is 11.6 Å². The quantitative estimate of drug-likeness (QED) is 0.583. The highest BCUT2D eigenvalue weighted by atomic mass is 35.5. The van der Waals surface area contributed by atoms with Crippen LogP contribution in [-0.2, 0) is 14.3 Å². The summed E-state index contributed by atoms with van der Waals surface area (Å²) in [6, 6.07) is 13.2. The van der Waals surface area contributed by atoms with E-state index >= 15 is 0 Å². The van der Waals surface area contributed by atoms with E-state index in [4.69, 9.17) is 16.3 Å². The number of carbonyl (C=O) groups excluding carboxylic acids is 3. The average Bonchev–Trinajstić information content (AvgIpc) is 2.64. The first kappa shape index (κ1) is 21.4. The monoisotopic (exact) mass is 404 g/mol. The molecule has 2 rings (SSSR count). The first-order valence-electron chi connectivity index (χ1n) is 8.81. The van der Waals surface area contributed by atoms with E-state index in [0.29, 0.717) is 28.6 Å². The number of carbonyl (C=O) groups is 3. The fourth-order valence-electron chi connectivity index (χ4n) is 2.46. The Morgan fingerprint density at radius 1 is 0.893 bits per heavy atom. The Kier molecular flexibility index (Phi) is 7.98. The average molecular weight is 405 g/mol. The van der Waals surface area contributed by atoms with Gasteiger partial charge in [0.25, 0.3) is 11.8 Å². The van der Waals surface area contributed by atoms with Crippen molar-refractivity contribution in [2.45, 2.75) is 6.92 Å². The van der Waals surface area contributed by atoms with Gasteiger partial charge in [0.15, 0.2) is 13.1 Å². The molecule has 148 valence electrons. The second kappa shape index (κ2) is 10.4. The summed E-state index contributed by atoms with van der Waals surface area (Å²) in [4.78, 5) is 36.6. The Bertz CT molecular complexity index is 822. The van der Waals surface area contributed by atoms with Crippen molar-refractivity contribution >= 4 is 40.8 Å². The van der Waals surface area contributed by atoms with Crippen molar-refractivity contribution in [3.8, 4) is 0 Å². The van der Waals surface area contributed by atoms with Crippen LogP contribution in [-0.4, -0.2) is 44.5 Å². The maximum atomic E-state index is 12.2. The molecular weight excluding hydrogens is 382 g/mol. The third-order valence-electron chi connectivity index (χ3n) is 3.73. The van der Waals surface area contributed by atoms with Gasteiger partial charge in [-0.3, -0.25) is 9.59 Å². The fraction of sp³-hybridized carbons (Fsp3) is 0.250. The standard InChI is InChI=1S/C20H22ClN3O4/c1-3-28-20(27)14-4-8-16(9-5-14)22-18(25)12-24(2)13-19(26)23-17-10-6-15(21)7-11-17/h4-11H,3,12-13H2,1-2H3,(H,22,25)(H,23,26)/p+1. The van der Waals surface area contributed by atoms with Crippen LogP contribution in [0.2, 0.25) is 5.02 Å². The number of quaternary nitrogens is 1. The SMILES string of the molecule is CCOC(=O)c1ccc(NC(=O)C[NH+](C)CC(=O)Nc2ccc(Cl)cc2)cc1. The summed E-state index contributed by atoms with van der Waals surface area (Å²) in [6.45, 7) is 2.30. The topological polar surface area (TPSA) is 88.9 Å². The Balaban J connectivity index is 1.79. The number of amides is 2. The third-order valence-corrected chi connectivity index (χ3v) is 3.98. The normalized spacial score (nSPS) is 11.4. The van der Waals surface area contributed by atoms with Gasteiger partial charge in [0, 0.05) is 16.4 Å². The molecule has 2 aromatic carbocycles. The Morgan fingerprint density at radius 3 is 1.82 bits per heavy atom. The number of rotatable bonds is 8. The zero-order valence-corrected chi connectivity index (χ0v) is 16.5. The Morgan fingerprint density at radius 2 is 1.36 bits per heavy atom. The largest absolute Gasteiger partial charge is 0.462 e. The van der Waals surface area contributed by atoms with Crippen LogP contribution in [0.4, 0.5) is 11.4 Å². The van der Waals surface area contributed by atoms with Crippen molar-refractivity contribution in [2.24, 2.45) is 0 Å². The van der Waals surface area contributed by atoms with Crippen molar-refractivity contribution in [1.82, 2.24) is 0 Å². The molecule has 28 heavy (non-hydrogen) atoms. The number of nitrogens with one attached hydrogen (secondary N) is 3. The van der Waals surface area contributed by atoms with Crippen LogP contribution in [0, 0.1) is 0 Å². The zero-order chi connectivity index (χ0) is 20.5. The smallest absolute Gasteiger partial charge is 0.338 e. The van der Waals surface area contributed by atoms with E-state index in [-0.39, 0.29) is 24.9 Å². The van der Waals surface area contributed by atoms with E-state index in [2.05, 4.69) is 10.6 Å². The molecule has 2 aromatic rings.